The molecule has 4 atom stereocenters. The highest BCUT2D eigenvalue weighted by atomic mass is 16.5. The van der Waals surface area contributed by atoms with Crippen LogP contribution in [0.3, 0.4) is 0 Å². The molecule has 1 saturated heterocycles. The molecule has 1 fully saturated rings. The third-order valence-electron chi connectivity index (χ3n) is 2.43. The molecule has 0 aromatic rings. The predicted molar refractivity (Wildman–Crippen MR) is 41.3 cm³/mol. The second-order valence-electron chi connectivity index (χ2n) is 3.08. The molecule has 66 valence electrons. The summed E-state index contributed by atoms with van der Waals surface area (Å²) in [6.45, 7) is 0. The monoisotopic (exact) mass is 169 g/mol. The molecule has 2 aliphatic heterocycles. The van der Waals surface area contributed by atoms with Crippen LogP contribution < -0.4 is 5.73 Å². The van der Waals surface area contributed by atoms with E-state index in [9.17, 15) is 4.79 Å². The Balaban J connectivity index is 2.18. The molecule has 0 saturated carbocycles. The molecular formula is C8H11NO3. The lowest BCUT2D eigenvalue weighted by Crippen LogP contribution is -2.42. The summed E-state index contributed by atoms with van der Waals surface area (Å²) in [6.07, 6.45) is 3.50. The average molecular weight is 169 g/mol. The van der Waals surface area contributed by atoms with Gasteiger partial charge in [0.2, 0.25) is 0 Å². The van der Waals surface area contributed by atoms with Gasteiger partial charge in [0, 0.05) is 0 Å². The normalized spacial score (nSPS) is 43.5. The molecule has 0 spiro atoms. The van der Waals surface area contributed by atoms with Crippen molar-refractivity contribution in [3.63, 3.8) is 0 Å². The van der Waals surface area contributed by atoms with Crippen LogP contribution in [-0.2, 0) is 14.3 Å². The fourth-order valence-electron chi connectivity index (χ4n) is 1.77. The molecule has 4 nitrogen and oxygen atoms in total. The lowest BCUT2D eigenvalue weighted by molar-refractivity contribution is -0.146. The summed E-state index contributed by atoms with van der Waals surface area (Å²) in [4.78, 5) is 11.2. The van der Waals surface area contributed by atoms with Gasteiger partial charge in [0.25, 0.3) is 0 Å². The number of hydrogen-bond acceptors (Lipinski definition) is 4. The van der Waals surface area contributed by atoms with Crippen molar-refractivity contribution in [1.82, 2.24) is 0 Å². The molecule has 2 heterocycles. The zero-order valence-electron chi connectivity index (χ0n) is 6.77. The van der Waals surface area contributed by atoms with E-state index in [4.69, 9.17) is 10.5 Å². The summed E-state index contributed by atoms with van der Waals surface area (Å²) in [5.74, 6) is -0.593. The van der Waals surface area contributed by atoms with Crippen molar-refractivity contribution in [2.24, 2.45) is 11.7 Å². The van der Waals surface area contributed by atoms with Crippen LogP contribution in [0.5, 0.6) is 0 Å². The van der Waals surface area contributed by atoms with E-state index in [-0.39, 0.29) is 30.1 Å². The van der Waals surface area contributed by atoms with Crippen molar-refractivity contribution in [3.05, 3.63) is 12.2 Å². The number of nitrogens with two attached hydrogens (primary N) is 1. The highest BCUT2D eigenvalue weighted by Gasteiger charge is 2.48. The largest absolute Gasteiger partial charge is 0.469 e. The number of hydrogen-bond donors (Lipinski definition) is 1. The van der Waals surface area contributed by atoms with E-state index < -0.39 is 0 Å². The van der Waals surface area contributed by atoms with Gasteiger partial charge in [-0.2, -0.15) is 0 Å². The minimum atomic E-state index is -0.315. The van der Waals surface area contributed by atoms with Gasteiger partial charge in [0.05, 0.1) is 25.4 Å². The minimum Gasteiger partial charge on any atom is -0.469 e. The summed E-state index contributed by atoms with van der Waals surface area (Å²) in [5, 5.41) is 0. The van der Waals surface area contributed by atoms with E-state index in [1.54, 1.807) is 0 Å². The Bertz CT molecular complexity index is 238. The van der Waals surface area contributed by atoms with Gasteiger partial charge in [-0.15, -0.1) is 0 Å². The van der Waals surface area contributed by atoms with Crippen molar-refractivity contribution >= 4 is 5.97 Å². The fourth-order valence-corrected chi connectivity index (χ4v) is 1.77. The molecule has 12 heavy (non-hydrogen) atoms. The lowest BCUT2D eigenvalue weighted by atomic mass is 9.90. The molecule has 2 aliphatic rings. The van der Waals surface area contributed by atoms with Gasteiger partial charge in [-0.3, -0.25) is 4.79 Å². The molecular weight excluding hydrogens is 158 g/mol. The van der Waals surface area contributed by atoms with Crippen molar-refractivity contribution in [3.8, 4) is 0 Å². The Hall–Kier alpha value is -0.870. The molecule has 2 rings (SSSR count). The first-order valence-electron chi connectivity index (χ1n) is 3.91. The van der Waals surface area contributed by atoms with Crippen LogP contribution >= 0.6 is 0 Å². The first kappa shape index (κ1) is 7.76. The number of ether oxygens (including phenoxy) is 2. The Morgan fingerprint density at radius 3 is 2.67 bits per heavy atom. The summed E-state index contributed by atoms with van der Waals surface area (Å²) in [5.41, 5.74) is 5.76. The maximum absolute atomic E-state index is 11.2. The van der Waals surface area contributed by atoms with Gasteiger partial charge in [-0.1, -0.05) is 12.2 Å². The standard InChI is InChI=1S/C8H11NO3/c1-11-8(10)6-4-2-3-5(12-4)7(6)9/h2-7H,9H2,1H3/t4-,5-,6-,7+/m1/s1. The highest BCUT2D eigenvalue weighted by molar-refractivity contribution is 5.75. The van der Waals surface area contributed by atoms with Crippen LogP contribution in [0.15, 0.2) is 12.2 Å². The van der Waals surface area contributed by atoms with E-state index in [0.717, 1.165) is 0 Å². The first-order valence-corrected chi connectivity index (χ1v) is 3.91. The summed E-state index contributed by atoms with van der Waals surface area (Å²) < 4.78 is 10.0. The van der Waals surface area contributed by atoms with E-state index in [0.29, 0.717) is 0 Å². The topological polar surface area (TPSA) is 61.5 Å². The molecule has 0 aromatic heterocycles. The van der Waals surface area contributed by atoms with Gasteiger partial charge in [0.1, 0.15) is 5.92 Å². The van der Waals surface area contributed by atoms with E-state index in [1.165, 1.54) is 7.11 Å². The second-order valence-corrected chi connectivity index (χ2v) is 3.08. The smallest absolute Gasteiger partial charge is 0.313 e. The molecule has 2 bridgehead atoms. The number of fused-ring (bicyclic) bond motifs is 2. The molecule has 0 radical (unpaired) electrons. The fraction of sp³-hybridized carbons (Fsp3) is 0.625. The number of rotatable bonds is 1. The third kappa shape index (κ3) is 0.884. The van der Waals surface area contributed by atoms with Crippen LogP contribution in [0, 0.1) is 5.92 Å². The predicted octanol–water partition coefficient (Wildman–Crippen LogP) is -0.560. The Labute approximate surface area is 70.3 Å². The SMILES string of the molecule is COC(=O)[C@H]1[C@@H](N)[C@H]2C=C[C@H]1O2. The van der Waals surface area contributed by atoms with Gasteiger partial charge in [-0.25, -0.2) is 0 Å². The summed E-state index contributed by atoms with van der Waals surface area (Å²) in [7, 11) is 1.37. The van der Waals surface area contributed by atoms with Gasteiger partial charge in [0.15, 0.2) is 0 Å². The minimum absolute atomic E-state index is 0.0981. The summed E-state index contributed by atoms with van der Waals surface area (Å²) >= 11 is 0. The summed E-state index contributed by atoms with van der Waals surface area (Å²) in [6, 6.07) is -0.243. The van der Waals surface area contributed by atoms with E-state index in [2.05, 4.69) is 4.74 Å². The second kappa shape index (κ2) is 2.57. The Morgan fingerprint density at radius 1 is 1.50 bits per heavy atom. The zero-order chi connectivity index (χ0) is 8.72. The maximum atomic E-state index is 11.2. The molecule has 2 N–H and O–H groups in total. The molecule has 4 heteroatoms. The van der Waals surface area contributed by atoms with Crippen molar-refractivity contribution in [2.75, 3.05) is 7.11 Å². The van der Waals surface area contributed by atoms with Crippen LogP contribution in [0.2, 0.25) is 0 Å². The van der Waals surface area contributed by atoms with Crippen LogP contribution in [0.25, 0.3) is 0 Å². The quantitative estimate of drug-likeness (QED) is 0.422. The average Bonchev–Trinajstić information content (AvgIpc) is 2.63. The van der Waals surface area contributed by atoms with E-state index >= 15 is 0 Å². The Morgan fingerprint density at radius 2 is 2.17 bits per heavy atom. The molecule has 0 amide bonds. The van der Waals surface area contributed by atoms with Crippen molar-refractivity contribution in [2.45, 2.75) is 18.2 Å². The van der Waals surface area contributed by atoms with Crippen LogP contribution in [0.1, 0.15) is 0 Å². The van der Waals surface area contributed by atoms with Gasteiger partial charge in [-0.05, 0) is 0 Å². The highest BCUT2D eigenvalue weighted by Crippen LogP contribution is 2.33. The third-order valence-corrected chi connectivity index (χ3v) is 2.43. The van der Waals surface area contributed by atoms with Crippen molar-refractivity contribution in [1.29, 1.82) is 0 Å². The lowest BCUT2D eigenvalue weighted by Gasteiger charge is -2.18. The molecule has 0 aliphatic carbocycles. The van der Waals surface area contributed by atoms with Crippen molar-refractivity contribution < 1.29 is 14.3 Å². The number of carbonyl (C=O) groups is 1. The van der Waals surface area contributed by atoms with Gasteiger partial charge >= 0.3 is 5.97 Å². The van der Waals surface area contributed by atoms with Crippen LogP contribution in [-0.4, -0.2) is 31.3 Å². The Kier molecular flexibility index (Phi) is 1.66. The zero-order valence-corrected chi connectivity index (χ0v) is 6.77. The first-order chi connectivity index (χ1) is 5.74. The number of methoxy groups -OCH3 is 1. The number of esters is 1. The van der Waals surface area contributed by atoms with Crippen LogP contribution in [0.4, 0.5) is 0 Å². The van der Waals surface area contributed by atoms with Gasteiger partial charge < -0.3 is 15.2 Å². The molecule has 0 unspecified atom stereocenters. The van der Waals surface area contributed by atoms with E-state index in [1.807, 2.05) is 12.2 Å². The molecule has 0 aromatic carbocycles. The maximum Gasteiger partial charge on any atom is 0.313 e. The number of carbonyl (C=O) groups excluding carboxylic acids is 1.